The minimum absolute atomic E-state index is 0.182. The second-order valence-corrected chi connectivity index (χ2v) is 5.71. The van der Waals surface area contributed by atoms with Crippen molar-refractivity contribution in [1.29, 1.82) is 0 Å². The van der Waals surface area contributed by atoms with E-state index in [9.17, 15) is 0 Å². The van der Waals surface area contributed by atoms with Crippen molar-refractivity contribution in [3.8, 4) is 5.75 Å². The van der Waals surface area contributed by atoms with E-state index in [2.05, 4.69) is 36.0 Å². The molecule has 0 unspecified atom stereocenters. The van der Waals surface area contributed by atoms with Gasteiger partial charge in [0.1, 0.15) is 0 Å². The first-order valence-electron chi connectivity index (χ1n) is 7.80. The summed E-state index contributed by atoms with van der Waals surface area (Å²) in [6.07, 6.45) is 5.59. The molecule has 0 amide bonds. The lowest BCUT2D eigenvalue weighted by molar-refractivity contribution is 0.241. The Labute approximate surface area is 122 Å². The summed E-state index contributed by atoms with van der Waals surface area (Å²) in [6.45, 7) is 9.54. The molecule has 0 aliphatic carbocycles. The lowest BCUT2D eigenvalue weighted by Gasteiger charge is -2.34. The molecule has 1 N–H and O–H groups in total. The number of anilines is 1. The highest BCUT2D eigenvalue weighted by atomic mass is 16.5. The maximum absolute atomic E-state index is 5.87. The van der Waals surface area contributed by atoms with Gasteiger partial charge >= 0.3 is 0 Å². The average Bonchev–Trinajstić information content (AvgIpc) is 2.46. The average molecular weight is 277 g/mol. The van der Waals surface area contributed by atoms with E-state index in [-0.39, 0.29) is 6.10 Å². The van der Waals surface area contributed by atoms with Crippen LogP contribution in [0.5, 0.6) is 5.75 Å². The zero-order valence-electron chi connectivity index (χ0n) is 12.9. The fourth-order valence-corrected chi connectivity index (χ4v) is 2.61. The van der Waals surface area contributed by atoms with Crippen molar-refractivity contribution >= 4 is 5.82 Å². The Hall–Kier alpha value is -1.29. The highest BCUT2D eigenvalue weighted by molar-refractivity contribution is 5.52. The Morgan fingerprint density at radius 1 is 1.40 bits per heavy atom. The van der Waals surface area contributed by atoms with Crippen LogP contribution in [0, 0.1) is 0 Å². The summed E-state index contributed by atoms with van der Waals surface area (Å²) in [7, 11) is 0. The maximum Gasteiger partial charge on any atom is 0.171 e. The molecule has 1 aliphatic rings. The molecular formula is C16H27N3O. The molecule has 0 saturated carbocycles. The number of nitrogens with zero attached hydrogens (tertiary/aromatic N) is 2. The van der Waals surface area contributed by atoms with Crippen LogP contribution < -0.4 is 15.0 Å². The topological polar surface area (TPSA) is 37.4 Å². The van der Waals surface area contributed by atoms with Crippen LogP contribution in [0.3, 0.4) is 0 Å². The van der Waals surface area contributed by atoms with Crippen molar-refractivity contribution in [3.05, 3.63) is 18.3 Å². The zero-order chi connectivity index (χ0) is 14.4. The van der Waals surface area contributed by atoms with Crippen molar-refractivity contribution in [1.82, 2.24) is 10.3 Å². The number of ether oxygens (including phenoxy) is 1. The molecule has 2 heterocycles. The van der Waals surface area contributed by atoms with Crippen LogP contribution in [0.15, 0.2) is 18.3 Å². The van der Waals surface area contributed by atoms with Gasteiger partial charge in [0, 0.05) is 25.3 Å². The molecule has 1 saturated heterocycles. The Bertz CT molecular complexity index is 400. The molecule has 1 aliphatic heterocycles. The third-order valence-electron chi connectivity index (χ3n) is 3.59. The van der Waals surface area contributed by atoms with E-state index in [4.69, 9.17) is 4.74 Å². The molecule has 4 heteroatoms. The highest BCUT2D eigenvalue weighted by Gasteiger charge is 2.22. The quantitative estimate of drug-likeness (QED) is 0.867. The summed E-state index contributed by atoms with van der Waals surface area (Å²) in [5, 5.41) is 3.61. The number of nitrogens with one attached hydrogen (secondary N) is 1. The fraction of sp³-hybridized carbons (Fsp3) is 0.688. The third kappa shape index (κ3) is 4.10. The van der Waals surface area contributed by atoms with Crippen LogP contribution in [-0.4, -0.2) is 36.8 Å². The molecule has 0 aromatic carbocycles. The molecule has 2 rings (SSSR count). The van der Waals surface area contributed by atoms with E-state index in [1.807, 2.05) is 18.3 Å². The molecule has 1 aromatic rings. The summed E-state index contributed by atoms with van der Waals surface area (Å²) in [5.74, 6) is 1.90. The first-order chi connectivity index (χ1) is 9.70. The number of pyridine rings is 1. The van der Waals surface area contributed by atoms with Crippen LogP contribution in [0.4, 0.5) is 5.82 Å². The fourth-order valence-electron chi connectivity index (χ4n) is 2.61. The second kappa shape index (κ2) is 7.48. The SMILES string of the molecule is CCCNC1CCN(c2ncccc2OC(C)C)CC1. The molecule has 20 heavy (non-hydrogen) atoms. The van der Waals surface area contributed by atoms with Crippen molar-refractivity contribution in [3.63, 3.8) is 0 Å². The van der Waals surface area contributed by atoms with Gasteiger partial charge in [-0.05, 0) is 51.8 Å². The molecule has 0 radical (unpaired) electrons. The molecule has 0 spiro atoms. The van der Waals surface area contributed by atoms with Gasteiger partial charge in [0.2, 0.25) is 0 Å². The maximum atomic E-state index is 5.87. The normalized spacial score (nSPS) is 16.7. The van der Waals surface area contributed by atoms with Gasteiger partial charge in [-0.2, -0.15) is 0 Å². The lowest BCUT2D eigenvalue weighted by Crippen LogP contribution is -2.43. The monoisotopic (exact) mass is 277 g/mol. The van der Waals surface area contributed by atoms with Crippen molar-refractivity contribution in [2.24, 2.45) is 0 Å². The summed E-state index contributed by atoms with van der Waals surface area (Å²) < 4.78 is 5.87. The summed E-state index contributed by atoms with van der Waals surface area (Å²) in [5.41, 5.74) is 0. The van der Waals surface area contributed by atoms with Crippen LogP contribution in [0.2, 0.25) is 0 Å². The summed E-state index contributed by atoms with van der Waals surface area (Å²) in [6, 6.07) is 4.62. The van der Waals surface area contributed by atoms with Crippen LogP contribution in [-0.2, 0) is 0 Å². The second-order valence-electron chi connectivity index (χ2n) is 5.71. The minimum atomic E-state index is 0.182. The number of hydrogen-bond donors (Lipinski definition) is 1. The summed E-state index contributed by atoms with van der Waals surface area (Å²) in [4.78, 5) is 6.87. The molecule has 1 aromatic heterocycles. The van der Waals surface area contributed by atoms with Gasteiger partial charge in [-0.25, -0.2) is 4.98 Å². The van der Waals surface area contributed by atoms with Crippen LogP contribution in [0.1, 0.15) is 40.0 Å². The number of hydrogen-bond acceptors (Lipinski definition) is 4. The smallest absolute Gasteiger partial charge is 0.171 e. The van der Waals surface area contributed by atoms with Crippen LogP contribution >= 0.6 is 0 Å². The molecular weight excluding hydrogens is 250 g/mol. The Balaban J connectivity index is 1.96. The standard InChI is InChI=1S/C16H27N3O/c1-4-9-17-14-7-11-19(12-8-14)16-15(20-13(2)3)6-5-10-18-16/h5-6,10,13-14,17H,4,7-9,11-12H2,1-3H3. The largest absolute Gasteiger partial charge is 0.487 e. The van der Waals surface area contributed by atoms with Gasteiger partial charge in [-0.15, -0.1) is 0 Å². The van der Waals surface area contributed by atoms with E-state index in [1.54, 1.807) is 0 Å². The number of rotatable bonds is 6. The van der Waals surface area contributed by atoms with Gasteiger partial charge in [0.25, 0.3) is 0 Å². The van der Waals surface area contributed by atoms with Crippen molar-refractivity contribution < 1.29 is 4.74 Å². The van der Waals surface area contributed by atoms with Gasteiger partial charge in [-0.1, -0.05) is 6.92 Å². The number of piperidine rings is 1. The number of aromatic nitrogens is 1. The molecule has 0 bridgehead atoms. The molecule has 0 atom stereocenters. The zero-order valence-corrected chi connectivity index (χ0v) is 12.9. The van der Waals surface area contributed by atoms with E-state index in [0.29, 0.717) is 6.04 Å². The van der Waals surface area contributed by atoms with Crippen molar-refractivity contribution in [2.45, 2.75) is 52.2 Å². The molecule has 112 valence electrons. The van der Waals surface area contributed by atoms with Gasteiger partial charge in [0.05, 0.1) is 6.10 Å². The van der Waals surface area contributed by atoms with Gasteiger partial charge in [0.15, 0.2) is 11.6 Å². The first-order valence-corrected chi connectivity index (χ1v) is 7.80. The van der Waals surface area contributed by atoms with E-state index >= 15 is 0 Å². The molecule has 1 fully saturated rings. The predicted octanol–water partition coefficient (Wildman–Crippen LogP) is 2.84. The predicted molar refractivity (Wildman–Crippen MR) is 83.5 cm³/mol. The Kier molecular flexibility index (Phi) is 5.65. The third-order valence-corrected chi connectivity index (χ3v) is 3.59. The van der Waals surface area contributed by atoms with E-state index in [1.165, 1.54) is 19.3 Å². The Morgan fingerprint density at radius 2 is 2.15 bits per heavy atom. The lowest BCUT2D eigenvalue weighted by atomic mass is 10.0. The summed E-state index contributed by atoms with van der Waals surface area (Å²) >= 11 is 0. The minimum Gasteiger partial charge on any atom is -0.487 e. The van der Waals surface area contributed by atoms with Gasteiger partial charge < -0.3 is 15.0 Å². The van der Waals surface area contributed by atoms with E-state index in [0.717, 1.165) is 31.2 Å². The Morgan fingerprint density at radius 3 is 2.80 bits per heavy atom. The van der Waals surface area contributed by atoms with Crippen LogP contribution in [0.25, 0.3) is 0 Å². The highest BCUT2D eigenvalue weighted by Crippen LogP contribution is 2.28. The van der Waals surface area contributed by atoms with Crippen molar-refractivity contribution in [2.75, 3.05) is 24.5 Å². The van der Waals surface area contributed by atoms with Gasteiger partial charge in [-0.3, -0.25) is 0 Å². The van der Waals surface area contributed by atoms with E-state index < -0.39 is 0 Å². The first kappa shape index (κ1) is 15.1. The molecule has 4 nitrogen and oxygen atoms in total.